The molecule has 0 bridgehead atoms. The molecule has 0 amide bonds. The van der Waals surface area contributed by atoms with Crippen molar-refractivity contribution in [3.63, 3.8) is 0 Å². The minimum absolute atomic E-state index is 0.377. The number of fused-ring (bicyclic) bond motifs is 11. The molecule has 214 valence electrons. The number of hydrogen-bond donors (Lipinski definition) is 0. The third-order valence-corrected chi connectivity index (χ3v) is 11.6. The Hall–Kier alpha value is -5.42. The van der Waals surface area contributed by atoms with Crippen molar-refractivity contribution in [1.29, 1.82) is 0 Å². The van der Waals surface area contributed by atoms with Gasteiger partial charge < -0.3 is 0 Å². The van der Waals surface area contributed by atoms with E-state index in [1.54, 1.807) is 0 Å². The SMILES string of the molecule is c1cccc(-c2cc3c(cc2-c2sc(-c4ccccc4)c4c2CCC=C4)C2(c4ccccc4-c4ccccc42)c2ccccc2-3)c#1. The van der Waals surface area contributed by atoms with Gasteiger partial charge in [-0.25, -0.2) is 0 Å². The fraction of sp³-hybridized carbons (Fsp3) is 0.0667. The molecule has 0 atom stereocenters. The minimum atomic E-state index is -0.377. The van der Waals surface area contributed by atoms with Crippen molar-refractivity contribution < 1.29 is 0 Å². The minimum Gasteiger partial charge on any atom is -0.134 e. The molecule has 0 radical (unpaired) electrons. The van der Waals surface area contributed by atoms with Crippen LogP contribution in [0.1, 0.15) is 39.8 Å². The van der Waals surface area contributed by atoms with E-state index in [0.717, 1.165) is 18.4 Å². The first-order valence-corrected chi connectivity index (χ1v) is 16.9. The Morgan fingerprint density at radius 1 is 0.543 bits per heavy atom. The zero-order chi connectivity index (χ0) is 30.2. The monoisotopic (exact) mass is 600 g/mol. The van der Waals surface area contributed by atoms with Gasteiger partial charge in [-0.3, -0.25) is 0 Å². The first-order valence-electron chi connectivity index (χ1n) is 16.1. The number of rotatable bonds is 3. The van der Waals surface area contributed by atoms with Crippen molar-refractivity contribution >= 4 is 17.4 Å². The van der Waals surface area contributed by atoms with Crippen molar-refractivity contribution in [2.45, 2.75) is 18.3 Å². The zero-order valence-corrected chi connectivity index (χ0v) is 26.0. The van der Waals surface area contributed by atoms with E-state index >= 15 is 0 Å². The van der Waals surface area contributed by atoms with E-state index in [1.165, 1.54) is 82.1 Å². The lowest BCUT2D eigenvalue weighted by molar-refractivity contribution is 0.794. The van der Waals surface area contributed by atoms with Crippen LogP contribution in [0.25, 0.3) is 60.3 Å². The largest absolute Gasteiger partial charge is 0.134 e. The van der Waals surface area contributed by atoms with E-state index in [4.69, 9.17) is 0 Å². The lowest BCUT2D eigenvalue weighted by atomic mass is 9.70. The van der Waals surface area contributed by atoms with Crippen LogP contribution < -0.4 is 0 Å². The molecule has 10 rings (SSSR count). The van der Waals surface area contributed by atoms with Crippen molar-refractivity contribution in [2.75, 3.05) is 0 Å². The lowest BCUT2D eigenvalue weighted by Crippen LogP contribution is -2.25. The zero-order valence-electron chi connectivity index (χ0n) is 25.2. The maximum absolute atomic E-state index is 3.49. The van der Waals surface area contributed by atoms with Crippen molar-refractivity contribution in [3.8, 4) is 54.3 Å². The van der Waals surface area contributed by atoms with E-state index in [1.807, 2.05) is 17.4 Å². The van der Waals surface area contributed by atoms with Crippen LogP contribution >= 0.6 is 11.3 Å². The number of hydrogen-bond acceptors (Lipinski definition) is 1. The molecule has 0 saturated carbocycles. The Morgan fingerprint density at radius 3 is 1.87 bits per heavy atom. The number of thiophene rings is 1. The van der Waals surface area contributed by atoms with E-state index in [9.17, 15) is 0 Å². The lowest BCUT2D eigenvalue weighted by Gasteiger charge is -2.31. The van der Waals surface area contributed by atoms with Gasteiger partial charge in [0.25, 0.3) is 0 Å². The van der Waals surface area contributed by atoms with Crippen molar-refractivity contribution in [1.82, 2.24) is 0 Å². The van der Waals surface area contributed by atoms with E-state index in [2.05, 4.69) is 152 Å². The molecule has 1 heterocycles. The highest BCUT2D eigenvalue weighted by Crippen LogP contribution is 2.64. The molecule has 0 N–H and O–H groups in total. The second kappa shape index (κ2) is 9.79. The molecular formula is C45H28S. The summed E-state index contributed by atoms with van der Waals surface area (Å²) in [6, 6.07) is 56.1. The molecule has 7 aromatic rings. The standard InChI is InChI=1S/C45H28S/c1-3-15-29(16-4-1)36-27-37-33-21-11-14-26-41(33)45(39-24-12-9-19-31(39)32-20-10-13-25-40(32)45)42(37)28-38(36)44-35-23-8-7-22-34(35)43(46-44)30-17-5-2-6-18-30/h1-3,5-7,9-15,17-22,24-28H,8,23H2. The summed E-state index contributed by atoms with van der Waals surface area (Å²) in [7, 11) is 0. The fourth-order valence-electron chi connectivity index (χ4n) is 8.41. The Kier molecular flexibility index (Phi) is 5.50. The summed E-state index contributed by atoms with van der Waals surface area (Å²) in [4.78, 5) is 2.73. The maximum atomic E-state index is 3.49. The highest BCUT2D eigenvalue weighted by Gasteiger charge is 2.51. The predicted molar refractivity (Wildman–Crippen MR) is 192 cm³/mol. The molecule has 46 heavy (non-hydrogen) atoms. The molecule has 6 aromatic carbocycles. The first-order chi connectivity index (χ1) is 22.8. The smallest absolute Gasteiger partial charge is 0.0725 e. The molecule has 0 saturated heterocycles. The molecule has 3 aliphatic carbocycles. The Morgan fingerprint density at radius 2 is 1.20 bits per heavy atom. The molecule has 0 nitrogen and oxygen atoms in total. The number of allylic oxidation sites excluding steroid dienone is 1. The second-order valence-corrected chi connectivity index (χ2v) is 13.5. The van der Waals surface area contributed by atoms with E-state index in [0.29, 0.717) is 0 Å². The van der Waals surface area contributed by atoms with Crippen LogP contribution in [-0.4, -0.2) is 0 Å². The molecular weight excluding hydrogens is 573 g/mol. The predicted octanol–water partition coefficient (Wildman–Crippen LogP) is 11.7. The summed E-state index contributed by atoms with van der Waals surface area (Å²) in [5.74, 6) is 0. The van der Waals surface area contributed by atoms with Gasteiger partial charge in [0.2, 0.25) is 0 Å². The first kappa shape index (κ1) is 25.9. The van der Waals surface area contributed by atoms with Crippen LogP contribution in [0.3, 0.4) is 0 Å². The third kappa shape index (κ3) is 3.40. The molecule has 1 heteroatoms. The van der Waals surface area contributed by atoms with Gasteiger partial charge in [-0.15, -0.1) is 11.3 Å². The number of benzene rings is 5. The van der Waals surface area contributed by atoms with Crippen LogP contribution in [0.2, 0.25) is 0 Å². The second-order valence-electron chi connectivity index (χ2n) is 12.5. The van der Waals surface area contributed by atoms with E-state index < -0.39 is 0 Å². The quantitative estimate of drug-likeness (QED) is 0.189. The highest BCUT2D eigenvalue weighted by atomic mass is 32.1. The van der Waals surface area contributed by atoms with Gasteiger partial charge in [-0.2, -0.15) is 0 Å². The van der Waals surface area contributed by atoms with Crippen molar-refractivity contribution in [3.05, 3.63) is 185 Å². The summed E-state index contributed by atoms with van der Waals surface area (Å²) >= 11 is 1.95. The fourth-order valence-corrected chi connectivity index (χ4v) is 9.79. The molecule has 0 aliphatic heterocycles. The summed E-state index contributed by atoms with van der Waals surface area (Å²) < 4.78 is 0. The molecule has 1 aromatic heterocycles. The molecule has 1 spiro atoms. The molecule has 0 fully saturated rings. The summed E-state index contributed by atoms with van der Waals surface area (Å²) in [6.45, 7) is 0. The molecule has 3 aliphatic rings. The van der Waals surface area contributed by atoms with Gasteiger partial charge in [0, 0.05) is 20.9 Å². The highest BCUT2D eigenvalue weighted by molar-refractivity contribution is 7.19. The Labute approximate surface area is 274 Å². The average molecular weight is 601 g/mol. The van der Waals surface area contributed by atoms with Gasteiger partial charge >= 0.3 is 0 Å². The van der Waals surface area contributed by atoms with Crippen LogP contribution in [0.5, 0.6) is 0 Å². The average Bonchev–Trinajstić information content (AvgIpc) is 3.76. The third-order valence-electron chi connectivity index (χ3n) is 10.2. The van der Waals surface area contributed by atoms with Gasteiger partial charge in [0.1, 0.15) is 0 Å². The van der Waals surface area contributed by atoms with Crippen molar-refractivity contribution in [2.24, 2.45) is 0 Å². The van der Waals surface area contributed by atoms with Gasteiger partial charge in [-0.1, -0.05) is 133 Å². The maximum Gasteiger partial charge on any atom is 0.0725 e. The van der Waals surface area contributed by atoms with E-state index in [-0.39, 0.29) is 5.41 Å². The topological polar surface area (TPSA) is 0 Å². The Bertz CT molecular complexity index is 2310. The van der Waals surface area contributed by atoms with Crippen LogP contribution in [-0.2, 0) is 11.8 Å². The summed E-state index contributed by atoms with van der Waals surface area (Å²) in [5.41, 5.74) is 18.1. The van der Waals surface area contributed by atoms with Crippen LogP contribution in [0.15, 0.2) is 140 Å². The van der Waals surface area contributed by atoms with Gasteiger partial charge in [0.15, 0.2) is 0 Å². The molecule has 0 unspecified atom stereocenters. The van der Waals surface area contributed by atoms with Gasteiger partial charge in [-0.05, 0) is 104 Å². The summed E-state index contributed by atoms with van der Waals surface area (Å²) in [6.07, 6.45) is 6.81. The Balaban J connectivity index is 1.34. The summed E-state index contributed by atoms with van der Waals surface area (Å²) in [5, 5.41) is 0. The van der Waals surface area contributed by atoms with Gasteiger partial charge in [0.05, 0.1) is 5.41 Å². The van der Waals surface area contributed by atoms with Crippen LogP contribution in [0, 0.1) is 12.1 Å². The van der Waals surface area contributed by atoms with Crippen LogP contribution in [0.4, 0.5) is 0 Å². The normalized spacial score (nSPS) is 14.3.